The van der Waals surface area contributed by atoms with Crippen molar-refractivity contribution in [3.63, 3.8) is 0 Å². The lowest BCUT2D eigenvalue weighted by Gasteiger charge is -1.97. The monoisotopic (exact) mass is 296 g/mol. The van der Waals surface area contributed by atoms with Gasteiger partial charge in [-0.25, -0.2) is 0 Å². The Morgan fingerprint density at radius 2 is 2.06 bits per heavy atom. The molecule has 1 aromatic carbocycles. The van der Waals surface area contributed by atoms with Gasteiger partial charge in [-0.1, -0.05) is 15.9 Å². The van der Waals surface area contributed by atoms with Crippen molar-refractivity contribution >= 4 is 21.9 Å². The Kier molecular flexibility index (Phi) is 3.48. The molecule has 0 atom stereocenters. The molecule has 6 nitrogen and oxygen atoms in total. The van der Waals surface area contributed by atoms with E-state index in [4.69, 9.17) is 5.11 Å². The normalized spacial score (nSPS) is 10.4. The maximum absolute atomic E-state index is 10.4. The SMILES string of the molecule is O=C(O)CCc1nnn(-c2ccc(Br)cc2)n1. The lowest BCUT2D eigenvalue weighted by molar-refractivity contribution is -0.137. The predicted molar refractivity (Wildman–Crippen MR) is 62.8 cm³/mol. The molecule has 88 valence electrons. The molecule has 0 amide bonds. The maximum atomic E-state index is 10.4. The number of halogens is 1. The molecule has 0 bridgehead atoms. The number of carbonyl (C=O) groups is 1. The molecule has 0 saturated carbocycles. The Morgan fingerprint density at radius 1 is 1.35 bits per heavy atom. The van der Waals surface area contributed by atoms with E-state index >= 15 is 0 Å². The van der Waals surface area contributed by atoms with E-state index in [0.717, 1.165) is 10.2 Å². The lowest BCUT2D eigenvalue weighted by Crippen LogP contribution is -2.01. The van der Waals surface area contributed by atoms with Crippen molar-refractivity contribution in [2.75, 3.05) is 0 Å². The number of benzene rings is 1. The number of hydrogen-bond donors (Lipinski definition) is 1. The van der Waals surface area contributed by atoms with E-state index in [1.807, 2.05) is 24.3 Å². The Morgan fingerprint density at radius 3 is 2.71 bits per heavy atom. The minimum atomic E-state index is -0.870. The first-order chi connectivity index (χ1) is 8.15. The van der Waals surface area contributed by atoms with Crippen molar-refractivity contribution in [2.45, 2.75) is 12.8 Å². The number of aromatic nitrogens is 4. The quantitative estimate of drug-likeness (QED) is 0.923. The van der Waals surface area contributed by atoms with Gasteiger partial charge in [-0.3, -0.25) is 4.79 Å². The summed E-state index contributed by atoms with van der Waals surface area (Å²) in [4.78, 5) is 11.8. The zero-order chi connectivity index (χ0) is 12.3. The highest BCUT2D eigenvalue weighted by Crippen LogP contribution is 2.12. The van der Waals surface area contributed by atoms with Crippen LogP contribution in [0.25, 0.3) is 5.69 Å². The largest absolute Gasteiger partial charge is 0.481 e. The van der Waals surface area contributed by atoms with Gasteiger partial charge in [0, 0.05) is 10.9 Å². The molecular weight excluding hydrogens is 288 g/mol. The Hall–Kier alpha value is -1.76. The summed E-state index contributed by atoms with van der Waals surface area (Å²) >= 11 is 3.33. The van der Waals surface area contributed by atoms with Crippen LogP contribution in [0, 0.1) is 0 Å². The van der Waals surface area contributed by atoms with Gasteiger partial charge >= 0.3 is 5.97 Å². The fraction of sp³-hybridized carbons (Fsp3) is 0.200. The number of carboxylic acids is 1. The van der Waals surface area contributed by atoms with Gasteiger partial charge in [-0.2, -0.15) is 0 Å². The first-order valence-corrected chi connectivity index (χ1v) is 5.71. The van der Waals surface area contributed by atoms with Crippen LogP contribution < -0.4 is 0 Å². The van der Waals surface area contributed by atoms with Crippen LogP contribution in [0.15, 0.2) is 28.7 Å². The zero-order valence-electron chi connectivity index (χ0n) is 8.75. The van der Waals surface area contributed by atoms with Gasteiger partial charge in [0.1, 0.15) is 0 Å². The molecule has 7 heteroatoms. The molecule has 0 aliphatic carbocycles. The summed E-state index contributed by atoms with van der Waals surface area (Å²) in [6.45, 7) is 0. The molecule has 0 aliphatic heterocycles. The molecule has 1 heterocycles. The molecule has 0 spiro atoms. The number of aryl methyl sites for hydroxylation is 1. The van der Waals surface area contributed by atoms with Gasteiger partial charge < -0.3 is 5.11 Å². The highest BCUT2D eigenvalue weighted by atomic mass is 79.9. The number of carboxylic acid groups (broad SMARTS) is 1. The van der Waals surface area contributed by atoms with Crippen LogP contribution in [0.5, 0.6) is 0 Å². The minimum Gasteiger partial charge on any atom is -0.481 e. The first-order valence-electron chi connectivity index (χ1n) is 4.92. The van der Waals surface area contributed by atoms with Gasteiger partial charge in [0.15, 0.2) is 5.82 Å². The van der Waals surface area contributed by atoms with Crippen molar-refractivity contribution in [1.29, 1.82) is 0 Å². The van der Waals surface area contributed by atoms with Crippen LogP contribution in [0.4, 0.5) is 0 Å². The van der Waals surface area contributed by atoms with E-state index in [2.05, 4.69) is 31.3 Å². The van der Waals surface area contributed by atoms with Crippen molar-refractivity contribution < 1.29 is 9.90 Å². The van der Waals surface area contributed by atoms with Crippen LogP contribution in [-0.4, -0.2) is 31.3 Å². The third kappa shape index (κ3) is 3.10. The second-order valence-corrected chi connectivity index (χ2v) is 4.28. The summed E-state index contributed by atoms with van der Waals surface area (Å²) in [7, 11) is 0. The number of aliphatic carboxylic acids is 1. The molecule has 2 rings (SSSR count). The predicted octanol–water partition coefficient (Wildman–Crippen LogP) is 1.44. The minimum absolute atomic E-state index is 0.00598. The van der Waals surface area contributed by atoms with Crippen LogP contribution in [0.2, 0.25) is 0 Å². The van der Waals surface area contributed by atoms with Gasteiger partial charge in [0.25, 0.3) is 0 Å². The van der Waals surface area contributed by atoms with Crippen LogP contribution in [0.1, 0.15) is 12.2 Å². The molecule has 1 N–H and O–H groups in total. The fourth-order valence-corrected chi connectivity index (χ4v) is 1.51. The van der Waals surface area contributed by atoms with Crippen molar-refractivity contribution in [1.82, 2.24) is 20.2 Å². The second kappa shape index (κ2) is 5.05. The molecular formula is C10H9BrN4O2. The van der Waals surface area contributed by atoms with E-state index in [9.17, 15) is 4.79 Å². The van der Waals surface area contributed by atoms with Crippen molar-refractivity contribution in [3.8, 4) is 5.69 Å². The third-order valence-electron chi connectivity index (χ3n) is 2.08. The van der Waals surface area contributed by atoms with E-state index in [1.54, 1.807) is 0 Å². The van der Waals surface area contributed by atoms with Crippen molar-refractivity contribution in [3.05, 3.63) is 34.6 Å². The second-order valence-electron chi connectivity index (χ2n) is 3.37. The Labute approximate surface area is 105 Å². The van der Waals surface area contributed by atoms with Gasteiger partial charge in [0.05, 0.1) is 12.1 Å². The summed E-state index contributed by atoms with van der Waals surface area (Å²) < 4.78 is 0.965. The maximum Gasteiger partial charge on any atom is 0.303 e. The van der Waals surface area contributed by atoms with Gasteiger partial charge in [0.2, 0.25) is 0 Å². The number of hydrogen-bond acceptors (Lipinski definition) is 4. The number of nitrogens with zero attached hydrogens (tertiary/aromatic N) is 4. The highest BCUT2D eigenvalue weighted by Gasteiger charge is 2.06. The first kappa shape index (κ1) is 11.7. The Bertz CT molecular complexity index is 523. The van der Waals surface area contributed by atoms with Crippen molar-refractivity contribution in [2.24, 2.45) is 0 Å². The average molecular weight is 297 g/mol. The summed E-state index contributed by atoms with van der Waals surface area (Å²) in [6.07, 6.45) is 0.290. The topological polar surface area (TPSA) is 80.9 Å². The van der Waals surface area contributed by atoms with Gasteiger partial charge in [-0.15, -0.1) is 15.0 Å². The number of rotatable bonds is 4. The molecule has 2 aromatic rings. The molecule has 17 heavy (non-hydrogen) atoms. The summed E-state index contributed by atoms with van der Waals surface area (Å²) in [5.41, 5.74) is 0.780. The van der Waals surface area contributed by atoms with Crippen LogP contribution >= 0.6 is 15.9 Å². The van der Waals surface area contributed by atoms with E-state index in [-0.39, 0.29) is 12.8 Å². The molecule has 1 aromatic heterocycles. The molecule has 0 aliphatic rings. The molecule has 0 fully saturated rings. The highest BCUT2D eigenvalue weighted by molar-refractivity contribution is 9.10. The third-order valence-corrected chi connectivity index (χ3v) is 2.60. The van der Waals surface area contributed by atoms with Gasteiger partial charge in [-0.05, 0) is 29.5 Å². The number of tetrazole rings is 1. The van der Waals surface area contributed by atoms with E-state index in [1.165, 1.54) is 4.80 Å². The van der Waals surface area contributed by atoms with E-state index in [0.29, 0.717) is 5.82 Å². The summed E-state index contributed by atoms with van der Waals surface area (Å²) in [6, 6.07) is 7.42. The average Bonchev–Trinajstić information content (AvgIpc) is 2.76. The van der Waals surface area contributed by atoms with Crippen LogP contribution in [0.3, 0.4) is 0 Å². The molecule has 0 radical (unpaired) electrons. The van der Waals surface area contributed by atoms with Crippen LogP contribution in [-0.2, 0) is 11.2 Å². The zero-order valence-corrected chi connectivity index (χ0v) is 10.3. The Balaban J connectivity index is 2.12. The fourth-order valence-electron chi connectivity index (χ4n) is 1.25. The summed E-state index contributed by atoms with van der Waals surface area (Å²) in [5.74, 6) is -0.444. The standard InChI is InChI=1S/C10H9BrN4O2/c11-7-1-3-8(4-2-7)15-13-9(12-14-15)5-6-10(16)17/h1-4H,5-6H2,(H,16,17). The molecule has 0 saturated heterocycles. The molecule has 0 unspecified atom stereocenters. The smallest absolute Gasteiger partial charge is 0.303 e. The lowest BCUT2D eigenvalue weighted by atomic mass is 10.3. The summed E-state index contributed by atoms with van der Waals surface area (Å²) in [5, 5.41) is 20.3. The van der Waals surface area contributed by atoms with E-state index < -0.39 is 5.97 Å².